The number of likely N-dealkylation sites (tertiary alicyclic amines) is 1. The number of rotatable bonds is 2. The molecule has 0 amide bonds. The average Bonchev–Trinajstić information content (AvgIpc) is 2.64. The van der Waals surface area contributed by atoms with E-state index in [4.69, 9.17) is 0 Å². The normalized spacial score (nSPS) is 28.7. The lowest BCUT2D eigenvalue weighted by Gasteiger charge is -2.39. The lowest BCUT2D eigenvalue weighted by Crippen LogP contribution is -2.52. The summed E-state index contributed by atoms with van der Waals surface area (Å²) >= 11 is 0. The van der Waals surface area contributed by atoms with E-state index in [-0.39, 0.29) is 0 Å². The van der Waals surface area contributed by atoms with Gasteiger partial charge in [0, 0.05) is 18.6 Å². The van der Waals surface area contributed by atoms with Crippen LogP contribution in [0.25, 0.3) is 0 Å². The van der Waals surface area contributed by atoms with Crippen LogP contribution in [0.3, 0.4) is 0 Å². The molecule has 0 saturated carbocycles. The summed E-state index contributed by atoms with van der Waals surface area (Å²) in [6, 6.07) is 10.6. The number of hydrogen-bond donors (Lipinski definition) is 1. The van der Waals surface area contributed by atoms with Gasteiger partial charge in [-0.1, -0.05) is 36.2 Å². The molecule has 0 spiro atoms. The van der Waals surface area contributed by atoms with E-state index < -0.39 is 0 Å². The Labute approximate surface area is 117 Å². The van der Waals surface area contributed by atoms with E-state index in [0.717, 1.165) is 18.6 Å². The van der Waals surface area contributed by atoms with Gasteiger partial charge < -0.3 is 5.32 Å². The molecule has 104 valence electrons. The van der Waals surface area contributed by atoms with E-state index in [1.165, 1.54) is 56.3 Å². The van der Waals surface area contributed by atoms with Crippen LogP contribution in [0, 0.1) is 6.92 Å². The highest BCUT2D eigenvalue weighted by molar-refractivity contribution is 5.21. The standard InChI is InChI=1S/C17H26N2/c1-14-7-9-15(10-8-14)13-19-12-3-2-5-16-17(19)6-4-11-18-16/h7-10,16-18H,2-6,11-13H2,1H3/t16-,17-/m1/s1. The van der Waals surface area contributed by atoms with Gasteiger partial charge in [-0.2, -0.15) is 0 Å². The Morgan fingerprint density at radius 2 is 1.95 bits per heavy atom. The predicted molar refractivity (Wildman–Crippen MR) is 80.3 cm³/mol. The summed E-state index contributed by atoms with van der Waals surface area (Å²) < 4.78 is 0. The second kappa shape index (κ2) is 6.06. The van der Waals surface area contributed by atoms with Crippen molar-refractivity contribution >= 4 is 0 Å². The Morgan fingerprint density at radius 3 is 2.79 bits per heavy atom. The van der Waals surface area contributed by atoms with Gasteiger partial charge >= 0.3 is 0 Å². The molecule has 19 heavy (non-hydrogen) atoms. The molecular weight excluding hydrogens is 232 g/mol. The molecule has 1 aromatic rings. The molecule has 3 rings (SSSR count). The number of nitrogens with zero attached hydrogens (tertiary/aromatic N) is 1. The van der Waals surface area contributed by atoms with Crippen LogP contribution < -0.4 is 5.32 Å². The van der Waals surface area contributed by atoms with Crippen molar-refractivity contribution in [3.8, 4) is 0 Å². The fraction of sp³-hybridized carbons (Fsp3) is 0.647. The van der Waals surface area contributed by atoms with Crippen LogP contribution in [0.4, 0.5) is 0 Å². The number of benzene rings is 1. The van der Waals surface area contributed by atoms with Gasteiger partial charge in [-0.25, -0.2) is 0 Å². The molecule has 0 aliphatic carbocycles. The van der Waals surface area contributed by atoms with Gasteiger partial charge in [0.25, 0.3) is 0 Å². The third kappa shape index (κ3) is 3.18. The number of aryl methyl sites for hydroxylation is 1. The zero-order valence-electron chi connectivity index (χ0n) is 12.1. The Bertz CT molecular complexity index is 398. The molecule has 0 aromatic heterocycles. The first kappa shape index (κ1) is 13.1. The van der Waals surface area contributed by atoms with Crippen molar-refractivity contribution in [2.45, 2.75) is 57.7 Å². The van der Waals surface area contributed by atoms with Crippen LogP contribution in [0.5, 0.6) is 0 Å². The Hall–Kier alpha value is -0.860. The highest BCUT2D eigenvalue weighted by Crippen LogP contribution is 2.25. The van der Waals surface area contributed by atoms with Gasteiger partial charge in [0.15, 0.2) is 0 Å². The molecule has 2 nitrogen and oxygen atoms in total. The first-order valence-corrected chi connectivity index (χ1v) is 7.86. The quantitative estimate of drug-likeness (QED) is 0.877. The summed E-state index contributed by atoms with van der Waals surface area (Å²) in [5.41, 5.74) is 2.83. The first-order valence-electron chi connectivity index (χ1n) is 7.86. The van der Waals surface area contributed by atoms with Crippen LogP contribution in [0.15, 0.2) is 24.3 Å². The molecule has 2 aliphatic rings. The largest absolute Gasteiger partial charge is 0.312 e. The van der Waals surface area contributed by atoms with Crippen molar-refractivity contribution in [1.82, 2.24) is 10.2 Å². The average molecular weight is 258 g/mol. The van der Waals surface area contributed by atoms with Crippen LogP contribution in [-0.4, -0.2) is 30.1 Å². The summed E-state index contributed by atoms with van der Waals surface area (Å²) in [5.74, 6) is 0. The summed E-state index contributed by atoms with van der Waals surface area (Å²) in [7, 11) is 0. The van der Waals surface area contributed by atoms with Crippen molar-refractivity contribution in [3.63, 3.8) is 0 Å². The van der Waals surface area contributed by atoms with E-state index in [1.54, 1.807) is 0 Å². The summed E-state index contributed by atoms with van der Waals surface area (Å²) in [4.78, 5) is 2.73. The van der Waals surface area contributed by atoms with E-state index in [2.05, 4.69) is 41.4 Å². The lowest BCUT2D eigenvalue weighted by atomic mass is 9.94. The summed E-state index contributed by atoms with van der Waals surface area (Å²) in [6.07, 6.45) is 6.84. The second-order valence-electron chi connectivity index (χ2n) is 6.22. The Balaban J connectivity index is 1.71. The molecule has 0 unspecified atom stereocenters. The van der Waals surface area contributed by atoms with Crippen molar-refractivity contribution < 1.29 is 0 Å². The fourth-order valence-corrected chi connectivity index (χ4v) is 3.64. The monoisotopic (exact) mass is 258 g/mol. The molecule has 2 saturated heterocycles. The van der Waals surface area contributed by atoms with Crippen molar-refractivity contribution in [2.75, 3.05) is 13.1 Å². The van der Waals surface area contributed by atoms with Gasteiger partial charge in [-0.05, 0) is 51.3 Å². The molecule has 1 aromatic carbocycles. The van der Waals surface area contributed by atoms with Crippen LogP contribution in [0.2, 0.25) is 0 Å². The van der Waals surface area contributed by atoms with E-state index in [9.17, 15) is 0 Å². The Morgan fingerprint density at radius 1 is 1.11 bits per heavy atom. The molecule has 2 fully saturated rings. The molecule has 1 N–H and O–H groups in total. The fourth-order valence-electron chi connectivity index (χ4n) is 3.64. The molecule has 2 aliphatic heterocycles. The van der Waals surface area contributed by atoms with E-state index >= 15 is 0 Å². The third-order valence-corrected chi connectivity index (χ3v) is 4.73. The maximum absolute atomic E-state index is 3.74. The van der Waals surface area contributed by atoms with E-state index in [1.807, 2.05) is 0 Å². The lowest BCUT2D eigenvalue weighted by molar-refractivity contribution is 0.132. The minimum absolute atomic E-state index is 0.738. The summed E-state index contributed by atoms with van der Waals surface area (Å²) in [6.45, 7) is 5.79. The number of fused-ring (bicyclic) bond motifs is 1. The molecule has 2 atom stereocenters. The maximum Gasteiger partial charge on any atom is 0.0253 e. The third-order valence-electron chi connectivity index (χ3n) is 4.73. The highest BCUT2D eigenvalue weighted by Gasteiger charge is 2.31. The van der Waals surface area contributed by atoms with Gasteiger partial charge in [0.1, 0.15) is 0 Å². The van der Waals surface area contributed by atoms with Gasteiger partial charge in [-0.15, -0.1) is 0 Å². The molecular formula is C17H26N2. The van der Waals surface area contributed by atoms with Crippen molar-refractivity contribution in [3.05, 3.63) is 35.4 Å². The minimum atomic E-state index is 0.738. The number of nitrogens with one attached hydrogen (secondary N) is 1. The van der Waals surface area contributed by atoms with Crippen LogP contribution in [-0.2, 0) is 6.54 Å². The van der Waals surface area contributed by atoms with Crippen LogP contribution in [0.1, 0.15) is 43.2 Å². The Kier molecular flexibility index (Phi) is 4.19. The van der Waals surface area contributed by atoms with Gasteiger partial charge in [-0.3, -0.25) is 4.90 Å². The topological polar surface area (TPSA) is 15.3 Å². The van der Waals surface area contributed by atoms with E-state index in [0.29, 0.717) is 0 Å². The molecule has 2 heterocycles. The summed E-state index contributed by atoms with van der Waals surface area (Å²) in [5, 5.41) is 3.74. The van der Waals surface area contributed by atoms with Crippen molar-refractivity contribution in [1.29, 1.82) is 0 Å². The number of hydrogen-bond acceptors (Lipinski definition) is 2. The molecule has 0 bridgehead atoms. The predicted octanol–water partition coefficient (Wildman–Crippen LogP) is 3.10. The first-order chi connectivity index (χ1) is 9.33. The van der Waals surface area contributed by atoms with Crippen molar-refractivity contribution in [2.24, 2.45) is 0 Å². The molecule has 2 heteroatoms. The van der Waals surface area contributed by atoms with Crippen LogP contribution >= 0.6 is 0 Å². The van der Waals surface area contributed by atoms with Gasteiger partial charge in [0.05, 0.1) is 0 Å². The minimum Gasteiger partial charge on any atom is -0.312 e. The smallest absolute Gasteiger partial charge is 0.0253 e. The van der Waals surface area contributed by atoms with Gasteiger partial charge in [0.2, 0.25) is 0 Å². The highest BCUT2D eigenvalue weighted by atomic mass is 15.2. The maximum atomic E-state index is 3.74. The molecule has 0 radical (unpaired) electrons. The number of piperidine rings is 1. The zero-order chi connectivity index (χ0) is 13.1. The zero-order valence-corrected chi connectivity index (χ0v) is 12.1. The SMILES string of the molecule is Cc1ccc(CN2CCCC[C@H]3NCCC[C@H]32)cc1. The second-order valence-corrected chi connectivity index (χ2v) is 6.22.